The molecule has 6 N–H and O–H groups in total. The summed E-state index contributed by atoms with van der Waals surface area (Å²) in [5.74, 6) is 4.88. The molecule has 0 atom stereocenters. The number of aryl methyl sites for hydroxylation is 6. The Morgan fingerprint density at radius 1 is 0.462 bits per heavy atom. The molecule has 0 spiro atoms. The largest absolute Gasteiger partial charge is 0.258 e. The first kappa shape index (κ1) is 46.0. The van der Waals surface area contributed by atoms with Gasteiger partial charge in [-0.15, -0.1) is 0 Å². The highest BCUT2D eigenvalue weighted by Crippen LogP contribution is 1.99. The minimum atomic E-state index is 0. The van der Waals surface area contributed by atoms with Crippen LogP contribution in [0.1, 0.15) is 84.4 Å². The SMILES string of the molecule is C.C.C.CCc1c[nH]c[n+]1C[n+]1c[nH]cc1CC.CCc1c[nH]c[n+]1C[n+]1c[nH]cc1CC.CSCCc1[nH]cc[n+]1C[n+]1cc[nH]c1CCSC. The maximum atomic E-state index is 3.34. The first-order valence-electron chi connectivity index (χ1n) is 17.3. The third-order valence-corrected chi connectivity index (χ3v) is 9.77. The molecule has 6 heterocycles. The van der Waals surface area contributed by atoms with Crippen LogP contribution in [0.4, 0.5) is 0 Å². The van der Waals surface area contributed by atoms with Crippen molar-refractivity contribution in [3.8, 4) is 0 Å². The summed E-state index contributed by atoms with van der Waals surface area (Å²) in [6.07, 6.45) is 35.2. The zero-order valence-electron chi connectivity index (χ0n) is 30.2. The van der Waals surface area contributed by atoms with E-state index < -0.39 is 0 Å². The second kappa shape index (κ2) is 25.0. The van der Waals surface area contributed by atoms with Crippen LogP contribution in [0.15, 0.2) is 74.9 Å². The zero-order chi connectivity index (χ0) is 34.8. The number of thioether (sulfide) groups is 2. The molecular formula is C38H70N12S2+6. The summed E-state index contributed by atoms with van der Waals surface area (Å²) in [5.41, 5.74) is 5.30. The van der Waals surface area contributed by atoms with Crippen molar-refractivity contribution in [3.05, 3.63) is 109 Å². The predicted molar refractivity (Wildman–Crippen MR) is 214 cm³/mol. The van der Waals surface area contributed by atoms with Crippen LogP contribution in [-0.2, 0) is 58.5 Å². The molecule has 0 aromatic carbocycles. The lowest BCUT2D eigenvalue weighted by atomic mass is 10.3. The Bertz CT molecular complexity index is 1550. The Hall–Kier alpha value is -4.04. The summed E-state index contributed by atoms with van der Waals surface area (Å²) in [4.78, 5) is 19.2. The summed E-state index contributed by atoms with van der Waals surface area (Å²) in [7, 11) is 0. The van der Waals surface area contributed by atoms with Gasteiger partial charge in [-0.2, -0.15) is 50.9 Å². The van der Waals surface area contributed by atoms with E-state index in [1.165, 1.54) is 34.4 Å². The molecule has 0 aliphatic rings. The van der Waals surface area contributed by atoms with Gasteiger partial charge < -0.3 is 0 Å². The Balaban J connectivity index is 0.000000382. The van der Waals surface area contributed by atoms with Crippen molar-refractivity contribution >= 4 is 23.5 Å². The highest BCUT2D eigenvalue weighted by Gasteiger charge is 2.17. The van der Waals surface area contributed by atoms with Crippen LogP contribution in [0.5, 0.6) is 0 Å². The van der Waals surface area contributed by atoms with Crippen LogP contribution in [0.3, 0.4) is 0 Å². The van der Waals surface area contributed by atoms with E-state index >= 15 is 0 Å². The van der Waals surface area contributed by atoms with E-state index in [4.69, 9.17) is 0 Å². The van der Waals surface area contributed by atoms with Gasteiger partial charge in [0.1, 0.15) is 72.4 Å². The van der Waals surface area contributed by atoms with E-state index in [-0.39, 0.29) is 22.3 Å². The molecule has 6 aromatic rings. The van der Waals surface area contributed by atoms with E-state index in [0.717, 1.165) is 70.0 Å². The van der Waals surface area contributed by atoms with Gasteiger partial charge in [-0.1, -0.05) is 50.0 Å². The summed E-state index contributed by atoms with van der Waals surface area (Å²) >= 11 is 3.76. The molecule has 14 heteroatoms. The molecule has 0 fully saturated rings. The van der Waals surface area contributed by atoms with Crippen molar-refractivity contribution in [1.82, 2.24) is 29.9 Å². The molecule has 0 aliphatic carbocycles. The predicted octanol–water partition coefficient (Wildman–Crippen LogP) is 4.24. The van der Waals surface area contributed by atoms with Crippen LogP contribution < -0.4 is 27.4 Å². The van der Waals surface area contributed by atoms with Crippen LogP contribution in [0.25, 0.3) is 0 Å². The number of imidazole rings is 6. The minimum Gasteiger partial charge on any atom is -0.250 e. The highest BCUT2D eigenvalue weighted by atomic mass is 32.2. The van der Waals surface area contributed by atoms with Crippen LogP contribution >= 0.6 is 23.5 Å². The smallest absolute Gasteiger partial charge is 0.250 e. The molecule has 0 saturated heterocycles. The zero-order valence-corrected chi connectivity index (χ0v) is 31.8. The van der Waals surface area contributed by atoms with Gasteiger partial charge in [-0.3, -0.25) is 0 Å². The molecule has 0 amide bonds. The van der Waals surface area contributed by atoms with Gasteiger partial charge in [-0.25, -0.2) is 29.9 Å². The molecule has 288 valence electrons. The number of aromatic amines is 6. The Morgan fingerprint density at radius 3 is 1.02 bits per heavy atom. The molecule has 0 bridgehead atoms. The lowest BCUT2D eigenvalue weighted by Crippen LogP contribution is -2.53. The monoisotopic (exact) mass is 759 g/mol. The van der Waals surface area contributed by atoms with E-state index in [1.54, 1.807) is 0 Å². The molecule has 0 aliphatic heterocycles. The fourth-order valence-corrected chi connectivity index (χ4v) is 6.48. The van der Waals surface area contributed by atoms with Crippen molar-refractivity contribution in [2.75, 3.05) is 24.0 Å². The fourth-order valence-electron chi connectivity index (χ4n) is 5.68. The van der Waals surface area contributed by atoms with Crippen molar-refractivity contribution in [2.24, 2.45) is 0 Å². The molecule has 0 unspecified atom stereocenters. The van der Waals surface area contributed by atoms with Gasteiger partial charge >= 0.3 is 0 Å². The maximum Gasteiger partial charge on any atom is 0.258 e. The number of hydrogen-bond acceptors (Lipinski definition) is 2. The highest BCUT2D eigenvalue weighted by molar-refractivity contribution is 7.98. The Labute approximate surface area is 321 Å². The summed E-state index contributed by atoms with van der Waals surface area (Å²) in [6, 6.07) is 0. The molecular weight excluding hydrogens is 689 g/mol. The fraction of sp³-hybridized carbons (Fsp3) is 0.526. The quantitative estimate of drug-likeness (QED) is 0.0830. The van der Waals surface area contributed by atoms with Gasteiger partial charge in [0.25, 0.3) is 11.6 Å². The average molecular weight is 759 g/mol. The van der Waals surface area contributed by atoms with Gasteiger partial charge in [-0.05, 0) is 12.5 Å². The number of aromatic nitrogens is 12. The van der Waals surface area contributed by atoms with E-state index in [9.17, 15) is 0 Å². The molecule has 6 aromatic heterocycles. The average Bonchev–Trinajstić information content (AvgIpc) is 3.98. The third-order valence-electron chi connectivity index (χ3n) is 8.55. The van der Waals surface area contributed by atoms with E-state index in [0.29, 0.717) is 0 Å². The van der Waals surface area contributed by atoms with Crippen LogP contribution in [-0.4, -0.2) is 53.9 Å². The topological polar surface area (TPSA) is 118 Å². The summed E-state index contributed by atoms with van der Waals surface area (Å²) < 4.78 is 13.5. The number of H-pyrrole nitrogens is 6. The van der Waals surface area contributed by atoms with Crippen LogP contribution in [0, 0.1) is 0 Å². The lowest BCUT2D eigenvalue weighted by Gasteiger charge is -2.01. The summed E-state index contributed by atoms with van der Waals surface area (Å²) in [6.45, 7) is 11.3. The first-order valence-corrected chi connectivity index (χ1v) is 20.1. The second-order valence-corrected chi connectivity index (χ2v) is 13.7. The van der Waals surface area contributed by atoms with Gasteiger partial charge in [0, 0.05) is 37.2 Å². The minimum absolute atomic E-state index is 0. The molecule has 0 radical (unpaired) electrons. The van der Waals surface area contributed by atoms with E-state index in [2.05, 4.69) is 135 Å². The molecule has 12 nitrogen and oxygen atoms in total. The van der Waals surface area contributed by atoms with Crippen molar-refractivity contribution in [1.29, 1.82) is 0 Å². The number of nitrogens with zero attached hydrogens (tertiary/aromatic N) is 6. The molecule has 6 rings (SSSR count). The second-order valence-electron chi connectivity index (χ2n) is 11.7. The number of nitrogens with one attached hydrogen (secondary N) is 6. The Morgan fingerprint density at radius 2 is 0.750 bits per heavy atom. The van der Waals surface area contributed by atoms with Crippen LogP contribution in [0.2, 0.25) is 0 Å². The van der Waals surface area contributed by atoms with Crippen molar-refractivity contribution in [3.63, 3.8) is 0 Å². The number of hydrogen-bond donors (Lipinski definition) is 6. The number of rotatable bonds is 16. The standard InChI is InChI=1S/C13H20N4S2.2C11H16N4.3CH4/c1-18-9-3-12-14-5-7-16(12)11-17-8-6-15-13(17)4-10-19-2;2*1-3-10-5-12-7-14(10)9-15-8-13-6-11(15)4-2;;;/h5-8H,3-4,9-11H2,1-2H3;2*5-8H,3-4,9H2,1-2H3;3*1H4/p+6. The lowest BCUT2D eigenvalue weighted by molar-refractivity contribution is -0.917. The van der Waals surface area contributed by atoms with Gasteiger partial charge in [0.15, 0.2) is 0 Å². The molecule has 52 heavy (non-hydrogen) atoms. The van der Waals surface area contributed by atoms with Gasteiger partial charge in [0.05, 0.1) is 12.8 Å². The van der Waals surface area contributed by atoms with E-state index in [1.807, 2.05) is 61.2 Å². The first-order chi connectivity index (χ1) is 24.0. The maximum absolute atomic E-state index is 3.34. The molecule has 0 saturated carbocycles. The van der Waals surface area contributed by atoms with Crippen molar-refractivity contribution in [2.45, 2.75) is 109 Å². The van der Waals surface area contributed by atoms with Gasteiger partial charge in [0.2, 0.25) is 45.3 Å². The third kappa shape index (κ3) is 13.2. The van der Waals surface area contributed by atoms with Crippen molar-refractivity contribution < 1.29 is 27.4 Å². The Kier molecular flexibility index (Phi) is 22.1. The normalized spacial score (nSPS) is 10.3. The summed E-state index contributed by atoms with van der Waals surface area (Å²) in [5, 5.41) is 0.